The van der Waals surface area contributed by atoms with E-state index in [0.29, 0.717) is 11.3 Å². The van der Waals surface area contributed by atoms with E-state index in [2.05, 4.69) is 20.8 Å². The first-order valence-electron chi connectivity index (χ1n) is 6.74. The molecule has 0 bridgehead atoms. The number of hydrogen-bond donors (Lipinski definition) is 1. The number of carbonyl (C=O) groups excluding carboxylic acids is 2. The molecule has 0 fully saturated rings. The Labute approximate surface area is 134 Å². The molecule has 2 aliphatic rings. The molecule has 1 heterocycles. The summed E-state index contributed by atoms with van der Waals surface area (Å²) >= 11 is 0. The predicted molar refractivity (Wildman–Crippen MR) is 83.0 cm³/mol. The van der Waals surface area contributed by atoms with Crippen LogP contribution in [-0.4, -0.2) is 22.3 Å². The van der Waals surface area contributed by atoms with E-state index in [9.17, 15) is 19.7 Å². The van der Waals surface area contributed by atoms with Crippen molar-refractivity contribution in [2.75, 3.05) is 0 Å². The number of benzene rings is 1. The van der Waals surface area contributed by atoms with Gasteiger partial charge in [-0.1, -0.05) is 30.3 Å². The van der Waals surface area contributed by atoms with E-state index < -0.39 is 22.3 Å². The van der Waals surface area contributed by atoms with Crippen LogP contribution in [-0.2, 0) is 9.59 Å². The van der Waals surface area contributed by atoms with Gasteiger partial charge in [-0.3, -0.25) is 19.7 Å². The minimum Gasteiger partial charge on any atom is -0.311 e. The number of amides is 1. The van der Waals surface area contributed by atoms with Gasteiger partial charge in [0, 0.05) is 6.08 Å². The Kier molecular flexibility index (Phi) is 3.89. The maximum atomic E-state index is 12.2. The first kappa shape index (κ1) is 15.2. The van der Waals surface area contributed by atoms with E-state index >= 15 is 0 Å². The van der Waals surface area contributed by atoms with Gasteiger partial charge in [0.1, 0.15) is 17.1 Å². The second-order valence-corrected chi connectivity index (χ2v) is 4.75. The fourth-order valence-corrected chi connectivity index (χ4v) is 2.07. The van der Waals surface area contributed by atoms with Gasteiger partial charge in [0.15, 0.2) is 0 Å². The Morgan fingerprint density at radius 2 is 1.96 bits per heavy atom. The smallest absolute Gasteiger partial charge is 0.311 e. The summed E-state index contributed by atoms with van der Waals surface area (Å²) in [5, 5.41) is 24.2. The molecule has 9 nitrogen and oxygen atoms in total. The van der Waals surface area contributed by atoms with Crippen molar-refractivity contribution < 1.29 is 14.5 Å². The van der Waals surface area contributed by atoms with E-state index in [-0.39, 0.29) is 11.4 Å². The van der Waals surface area contributed by atoms with E-state index in [1.54, 1.807) is 30.3 Å². The SMILES string of the molecule is O=C1C=CC2=NN=NC2=C1NC(=O)C(=Cc1ccccc1)[N+](=O)[O-]. The van der Waals surface area contributed by atoms with Gasteiger partial charge in [0.25, 0.3) is 0 Å². The summed E-state index contributed by atoms with van der Waals surface area (Å²) in [6.45, 7) is 0. The standard InChI is InChI=1S/C15H9N5O4/c21-12-7-6-10-13(18-19-17-10)14(12)16-15(22)11(20(23)24)8-9-4-2-1-3-5-9/h1-8H,(H,16,22). The molecule has 24 heavy (non-hydrogen) atoms. The molecule has 1 amide bonds. The predicted octanol–water partition coefficient (Wildman–Crippen LogP) is 1.59. The lowest BCUT2D eigenvalue weighted by molar-refractivity contribution is -0.417. The highest BCUT2D eigenvalue weighted by Crippen LogP contribution is 2.20. The van der Waals surface area contributed by atoms with Gasteiger partial charge < -0.3 is 5.32 Å². The highest BCUT2D eigenvalue weighted by molar-refractivity contribution is 6.23. The third-order valence-corrected chi connectivity index (χ3v) is 3.19. The van der Waals surface area contributed by atoms with Crippen LogP contribution in [0, 0.1) is 10.1 Å². The quantitative estimate of drug-likeness (QED) is 0.390. The fraction of sp³-hybridized carbons (Fsp3) is 0. The van der Waals surface area contributed by atoms with Gasteiger partial charge in [-0.25, -0.2) is 0 Å². The molecule has 1 aromatic rings. The lowest BCUT2D eigenvalue weighted by atomic mass is 10.1. The molecule has 1 aliphatic carbocycles. The van der Waals surface area contributed by atoms with Gasteiger partial charge in [-0.05, 0) is 22.9 Å². The molecule has 0 radical (unpaired) electrons. The monoisotopic (exact) mass is 323 g/mol. The Bertz CT molecular complexity index is 894. The summed E-state index contributed by atoms with van der Waals surface area (Å²) in [5.74, 6) is -1.57. The van der Waals surface area contributed by atoms with Crippen molar-refractivity contribution in [1.82, 2.24) is 5.32 Å². The first-order chi connectivity index (χ1) is 11.6. The van der Waals surface area contributed by atoms with Crippen LogP contribution in [0.1, 0.15) is 5.56 Å². The van der Waals surface area contributed by atoms with Crippen molar-refractivity contribution in [3.8, 4) is 0 Å². The van der Waals surface area contributed by atoms with Gasteiger partial charge >= 0.3 is 11.6 Å². The summed E-state index contributed by atoms with van der Waals surface area (Å²) < 4.78 is 0. The van der Waals surface area contributed by atoms with Gasteiger partial charge in [-0.2, -0.15) is 0 Å². The Morgan fingerprint density at radius 1 is 1.21 bits per heavy atom. The Hall–Kier alpha value is -3.75. The number of nitro groups is 1. The molecule has 3 rings (SSSR count). The lowest BCUT2D eigenvalue weighted by Gasteiger charge is -2.10. The molecule has 0 saturated heterocycles. The Morgan fingerprint density at radius 3 is 2.67 bits per heavy atom. The van der Waals surface area contributed by atoms with Crippen LogP contribution in [0.5, 0.6) is 0 Å². The number of allylic oxidation sites excluding steroid dienone is 2. The van der Waals surface area contributed by atoms with Crippen molar-refractivity contribution in [3.63, 3.8) is 0 Å². The zero-order valence-corrected chi connectivity index (χ0v) is 12.0. The normalized spacial score (nSPS) is 16.1. The zero-order chi connectivity index (χ0) is 17.1. The van der Waals surface area contributed by atoms with E-state index in [0.717, 1.165) is 6.08 Å². The van der Waals surface area contributed by atoms with Crippen molar-refractivity contribution in [2.45, 2.75) is 0 Å². The zero-order valence-electron chi connectivity index (χ0n) is 12.0. The molecule has 0 spiro atoms. The second kappa shape index (κ2) is 6.16. The number of nitrogens with one attached hydrogen (secondary N) is 1. The maximum Gasteiger partial charge on any atom is 0.334 e. The average Bonchev–Trinajstić information content (AvgIpc) is 3.04. The van der Waals surface area contributed by atoms with Crippen LogP contribution >= 0.6 is 0 Å². The molecule has 1 aromatic carbocycles. The number of carbonyl (C=O) groups is 2. The molecular formula is C15H9N5O4. The third kappa shape index (κ3) is 2.90. The number of ketones is 1. The second-order valence-electron chi connectivity index (χ2n) is 4.75. The minimum atomic E-state index is -1.03. The lowest BCUT2D eigenvalue weighted by Crippen LogP contribution is -2.33. The third-order valence-electron chi connectivity index (χ3n) is 3.19. The van der Waals surface area contributed by atoms with Gasteiger partial charge in [0.2, 0.25) is 5.78 Å². The number of rotatable bonds is 4. The Balaban J connectivity index is 1.91. The minimum absolute atomic E-state index is 0.0817. The largest absolute Gasteiger partial charge is 0.334 e. The summed E-state index contributed by atoms with van der Waals surface area (Å²) in [7, 11) is 0. The van der Waals surface area contributed by atoms with Crippen molar-refractivity contribution in [3.05, 3.63) is 75.3 Å². The summed E-state index contributed by atoms with van der Waals surface area (Å²) in [4.78, 5) is 34.5. The summed E-state index contributed by atoms with van der Waals surface area (Å²) in [6, 6.07) is 8.34. The van der Waals surface area contributed by atoms with Gasteiger partial charge in [0.05, 0.1) is 4.92 Å². The molecule has 9 heteroatoms. The summed E-state index contributed by atoms with van der Waals surface area (Å²) in [5.41, 5.74) is -0.0269. The van der Waals surface area contributed by atoms with Gasteiger partial charge in [-0.15, -0.1) is 10.2 Å². The number of fused-ring (bicyclic) bond motifs is 1. The average molecular weight is 323 g/mol. The topological polar surface area (TPSA) is 126 Å². The maximum absolute atomic E-state index is 12.2. The molecular weight excluding hydrogens is 314 g/mol. The van der Waals surface area contributed by atoms with E-state index in [1.165, 1.54) is 12.2 Å². The molecule has 0 aromatic heterocycles. The molecule has 0 unspecified atom stereocenters. The molecule has 1 N–H and O–H groups in total. The van der Waals surface area contributed by atoms with Crippen LogP contribution in [0.15, 0.2) is 75.0 Å². The summed E-state index contributed by atoms with van der Waals surface area (Å²) in [6.07, 6.45) is 3.71. The van der Waals surface area contributed by atoms with Crippen LogP contribution in [0.25, 0.3) is 6.08 Å². The van der Waals surface area contributed by atoms with Crippen molar-refractivity contribution >= 4 is 23.5 Å². The number of hydrogen-bond acceptors (Lipinski definition) is 7. The van der Waals surface area contributed by atoms with Crippen molar-refractivity contribution in [2.24, 2.45) is 15.4 Å². The van der Waals surface area contributed by atoms with Crippen LogP contribution in [0.3, 0.4) is 0 Å². The van der Waals surface area contributed by atoms with E-state index in [4.69, 9.17) is 0 Å². The van der Waals surface area contributed by atoms with Crippen LogP contribution in [0.2, 0.25) is 0 Å². The van der Waals surface area contributed by atoms with E-state index in [1.807, 2.05) is 0 Å². The van der Waals surface area contributed by atoms with Crippen LogP contribution in [0.4, 0.5) is 0 Å². The first-order valence-corrected chi connectivity index (χ1v) is 6.74. The molecule has 0 atom stereocenters. The molecule has 0 saturated carbocycles. The molecule has 118 valence electrons. The van der Waals surface area contributed by atoms with Crippen molar-refractivity contribution in [1.29, 1.82) is 0 Å². The fourth-order valence-electron chi connectivity index (χ4n) is 2.07. The number of nitrogens with zero attached hydrogens (tertiary/aromatic N) is 4. The highest BCUT2D eigenvalue weighted by atomic mass is 16.6. The highest BCUT2D eigenvalue weighted by Gasteiger charge is 2.30. The van der Waals surface area contributed by atoms with Crippen LogP contribution < -0.4 is 5.32 Å². The molecule has 1 aliphatic heterocycles.